The molecule has 0 aliphatic carbocycles. The van der Waals surface area contributed by atoms with Gasteiger partial charge in [-0.05, 0) is 19.1 Å². The van der Waals surface area contributed by atoms with Gasteiger partial charge in [0.15, 0.2) is 5.60 Å². The highest BCUT2D eigenvalue weighted by atomic mass is 16.5. The molecule has 3 heterocycles. The molecule has 1 unspecified atom stereocenters. The number of imidazole rings is 1. The monoisotopic (exact) mass is 315 g/mol. The summed E-state index contributed by atoms with van der Waals surface area (Å²) in [5.41, 5.74) is 4.65. The molecule has 0 aromatic carbocycles. The Hall–Kier alpha value is -2.74. The molecule has 1 aliphatic heterocycles. The first-order valence-electron chi connectivity index (χ1n) is 7.17. The molecule has 8 nitrogen and oxygen atoms in total. The molecule has 3 rings (SSSR count). The van der Waals surface area contributed by atoms with Gasteiger partial charge in [-0.1, -0.05) is 0 Å². The Kier molecular flexibility index (Phi) is 3.83. The molecule has 2 aromatic rings. The molecule has 0 saturated carbocycles. The van der Waals surface area contributed by atoms with E-state index >= 15 is 0 Å². The van der Waals surface area contributed by atoms with E-state index in [0.29, 0.717) is 17.9 Å². The Labute approximate surface area is 132 Å². The summed E-state index contributed by atoms with van der Waals surface area (Å²) < 4.78 is 7.16. The molecular formula is C15H17N5O3. The number of hydrogen-bond donors (Lipinski definition) is 1. The maximum atomic E-state index is 12.6. The summed E-state index contributed by atoms with van der Waals surface area (Å²) in [5, 5.41) is 0. The molecule has 120 valence electrons. The number of aromatic nitrogens is 3. The van der Waals surface area contributed by atoms with E-state index in [1.54, 1.807) is 47.2 Å². The van der Waals surface area contributed by atoms with E-state index in [2.05, 4.69) is 9.97 Å². The molecular weight excluding hydrogens is 298 g/mol. The predicted octanol–water partition coefficient (Wildman–Crippen LogP) is -0.0163. The minimum Gasteiger partial charge on any atom is -0.367 e. The quantitative estimate of drug-likeness (QED) is 0.857. The number of nitrogens with zero attached hydrogens (tertiary/aromatic N) is 4. The van der Waals surface area contributed by atoms with E-state index in [-0.39, 0.29) is 19.1 Å². The first kappa shape index (κ1) is 15.2. The van der Waals surface area contributed by atoms with Gasteiger partial charge in [-0.25, -0.2) is 9.97 Å². The number of carbonyl (C=O) groups is 2. The van der Waals surface area contributed by atoms with E-state index in [1.807, 2.05) is 0 Å². The summed E-state index contributed by atoms with van der Waals surface area (Å²) in [5.74, 6) is -0.114. The second-order valence-electron chi connectivity index (χ2n) is 5.55. The van der Waals surface area contributed by atoms with Crippen molar-refractivity contribution in [3.8, 4) is 5.82 Å². The number of primary amides is 1. The lowest BCUT2D eigenvalue weighted by Crippen LogP contribution is -2.58. The molecule has 1 atom stereocenters. The summed E-state index contributed by atoms with van der Waals surface area (Å²) in [7, 11) is 0. The van der Waals surface area contributed by atoms with Crippen LogP contribution in [-0.4, -0.2) is 56.5 Å². The van der Waals surface area contributed by atoms with Gasteiger partial charge in [0.2, 0.25) is 0 Å². The van der Waals surface area contributed by atoms with Crippen molar-refractivity contribution < 1.29 is 14.3 Å². The van der Waals surface area contributed by atoms with Gasteiger partial charge in [-0.3, -0.25) is 14.2 Å². The lowest BCUT2D eigenvalue weighted by molar-refractivity contribution is -0.150. The van der Waals surface area contributed by atoms with Crippen LogP contribution in [0.15, 0.2) is 37.1 Å². The van der Waals surface area contributed by atoms with Gasteiger partial charge in [-0.2, -0.15) is 0 Å². The molecule has 1 aliphatic rings. The molecule has 23 heavy (non-hydrogen) atoms. The third-order valence-corrected chi connectivity index (χ3v) is 3.85. The third kappa shape index (κ3) is 2.93. The van der Waals surface area contributed by atoms with Crippen LogP contribution in [0.2, 0.25) is 0 Å². The van der Waals surface area contributed by atoms with Crippen LogP contribution in [0.3, 0.4) is 0 Å². The number of amides is 2. The Morgan fingerprint density at radius 3 is 2.83 bits per heavy atom. The molecule has 0 spiro atoms. The van der Waals surface area contributed by atoms with E-state index in [9.17, 15) is 9.59 Å². The average Bonchev–Trinajstić information content (AvgIpc) is 3.09. The summed E-state index contributed by atoms with van der Waals surface area (Å²) in [6.07, 6.45) is 6.56. The second kappa shape index (κ2) is 5.81. The van der Waals surface area contributed by atoms with Crippen molar-refractivity contribution >= 4 is 11.8 Å². The molecule has 0 bridgehead atoms. The van der Waals surface area contributed by atoms with Crippen LogP contribution in [0, 0.1) is 0 Å². The van der Waals surface area contributed by atoms with Gasteiger partial charge in [0.05, 0.1) is 18.7 Å². The zero-order chi connectivity index (χ0) is 16.4. The SMILES string of the molecule is CC1(C(N)=O)CN(C(=O)c2ccc(-n3ccnc3)nc2)CCO1. The average molecular weight is 315 g/mol. The van der Waals surface area contributed by atoms with Crippen LogP contribution >= 0.6 is 0 Å². The van der Waals surface area contributed by atoms with Crippen molar-refractivity contribution in [2.75, 3.05) is 19.7 Å². The number of pyridine rings is 1. The third-order valence-electron chi connectivity index (χ3n) is 3.85. The number of hydrogen-bond acceptors (Lipinski definition) is 5. The van der Waals surface area contributed by atoms with Crippen LogP contribution in [0.1, 0.15) is 17.3 Å². The highest BCUT2D eigenvalue weighted by molar-refractivity contribution is 5.95. The lowest BCUT2D eigenvalue weighted by atomic mass is 10.0. The largest absolute Gasteiger partial charge is 0.367 e. The van der Waals surface area contributed by atoms with E-state index in [0.717, 1.165) is 0 Å². The molecule has 2 N–H and O–H groups in total. The number of rotatable bonds is 3. The Bertz CT molecular complexity index is 713. The number of ether oxygens (including phenoxy) is 1. The maximum Gasteiger partial charge on any atom is 0.255 e. The maximum absolute atomic E-state index is 12.6. The van der Waals surface area contributed by atoms with Crippen molar-refractivity contribution in [3.63, 3.8) is 0 Å². The topological polar surface area (TPSA) is 103 Å². The summed E-state index contributed by atoms with van der Waals surface area (Å²) in [4.78, 5) is 33.8. The van der Waals surface area contributed by atoms with E-state index in [1.165, 1.54) is 6.20 Å². The van der Waals surface area contributed by atoms with Crippen LogP contribution < -0.4 is 5.73 Å². The van der Waals surface area contributed by atoms with Crippen LogP contribution in [0.5, 0.6) is 0 Å². The first-order valence-corrected chi connectivity index (χ1v) is 7.17. The van der Waals surface area contributed by atoms with Crippen molar-refractivity contribution in [2.24, 2.45) is 5.73 Å². The van der Waals surface area contributed by atoms with Gasteiger partial charge in [0, 0.05) is 25.1 Å². The zero-order valence-corrected chi connectivity index (χ0v) is 12.7. The smallest absolute Gasteiger partial charge is 0.255 e. The summed E-state index contributed by atoms with van der Waals surface area (Å²) in [6.45, 7) is 2.40. The fourth-order valence-corrected chi connectivity index (χ4v) is 2.43. The van der Waals surface area contributed by atoms with Gasteiger partial charge in [0.1, 0.15) is 12.1 Å². The van der Waals surface area contributed by atoms with Gasteiger partial charge in [0.25, 0.3) is 11.8 Å². The van der Waals surface area contributed by atoms with E-state index < -0.39 is 11.5 Å². The Morgan fingerprint density at radius 2 is 2.22 bits per heavy atom. The van der Waals surface area contributed by atoms with Crippen LogP contribution in [0.4, 0.5) is 0 Å². The van der Waals surface area contributed by atoms with Crippen molar-refractivity contribution in [1.82, 2.24) is 19.4 Å². The van der Waals surface area contributed by atoms with Gasteiger partial charge < -0.3 is 15.4 Å². The highest BCUT2D eigenvalue weighted by Crippen LogP contribution is 2.19. The predicted molar refractivity (Wildman–Crippen MR) is 80.8 cm³/mol. The second-order valence-corrected chi connectivity index (χ2v) is 5.55. The highest BCUT2D eigenvalue weighted by Gasteiger charge is 2.39. The normalized spacial score (nSPS) is 21.2. The summed E-state index contributed by atoms with van der Waals surface area (Å²) >= 11 is 0. The molecule has 2 aromatic heterocycles. The molecule has 1 saturated heterocycles. The fraction of sp³-hybridized carbons (Fsp3) is 0.333. The van der Waals surface area contributed by atoms with Crippen molar-refractivity contribution in [2.45, 2.75) is 12.5 Å². The number of carbonyl (C=O) groups excluding carboxylic acids is 2. The first-order chi connectivity index (χ1) is 11.0. The van der Waals surface area contributed by atoms with Crippen molar-refractivity contribution in [3.05, 3.63) is 42.6 Å². The lowest BCUT2D eigenvalue weighted by Gasteiger charge is -2.38. The summed E-state index contributed by atoms with van der Waals surface area (Å²) in [6, 6.07) is 3.43. The number of morpholine rings is 1. The van der Waals surface area contributed by atoms with E-state index in [4.69, 9.17) is 10.5 Å². The number of nitrogens with two attached hydrogens (primary N) is 1. The molecule has 2 amide bonds. The zero-order valence-electron chi connectivity index (χ0n) is 12.7. The van der Waals surface area contributed by atoms with Crippen molar-refractivity contribution in [1.29, 1.82) is 0 Å². The minimum atomic E-state index is -1.15. The molecule has 1 fully saturated rings. The van der Waals surface area contributed by atoms with Crippen LogP contribution in [0.25, 0.3) is 5.82 Å². The fourth-order valence-electron chi connectivity index (χ4n) is 2.43. The minimum absolute atomic E-state index is 0.129. The van der Waals surface area contributed by atoms with Gasteiger partial charge >= 0.3 is 0 Å². The Morgan fingerprint density at radius 1 is 1.39 bits per heavy atom. The standard InChI is InChI=1S/C15H17N5O3/c1-15(14(16)22)9-19(6-7-23-15)13(21)11-2-3-12(18-8-11)20-5-4-17-10-20/h2-5,8,10H,6-7,9H2,1H3,(H2,16,22). The molecule has 0 radical (unpaired) electrons. The van der Waals surface area contributed by atoms with Gasteiger partial charge in [-0.15, -0.1) is 0 Å². The Balaban J connectivity index is 1.76. The van der Waals surface area contributed by atoms with Crippen LogP contribution in [-0.2, 0) is 9.53 Å². The molecule has 8 heteroatoms.